The summed E-state index contributed by atoms with van der Waals surface area (Å²) in [5, 5.41) is 0. The lowest BCUT2D eigenvalue weighted by molar-refractivity contribution is 0.373. The molecule has 2 rings (SSSR count). The Kier molecular flexibility index (Phi) is 4.76. The van der Waals surface area contributed by atoms with E-state index in [0.717, 1.165) is 25.7 Å². The second-order valence-electron chi connectivity index (χ2n) is 4.87. The fourth-order valence-electron chi connectivity index (χ4n) is 2.41. The summed E-state index contributed by atoms with van der Waals surface area (Å²) in [7, 11) is -1.86. The molecule has 0 saturated heterocycles. The van der Waals surface area contributed by atoms with Crippen molar-refractivity contribution in [2.24, 2.45) is 5.73 Å². The van der Waals surface area contributed by atoms with Crippen molar-refractivity contribution in [3.8, 4) is 11.8 Å². The molecule has 1 aliphatic carbocycles. The van der Waals surface area contributed by atoms with Crippen molar-refractivity contribution in [1.82, 2.24) is 9.29 Å². The summed E-state index contributed by atoms with van der Waals surface area (Å²) >= 11 is 0. The van der Waals surface area contributed by atoms with Crippen LogP contribution in [-0.2, 0) is 10.0 Å². The van der Waals surface area contributed by atoms with Gasteiger partial charge in [-0.05, 0) is 18.9 Å². The normalized spacial score (nSPS) is 16.1. The van der Waals surface area contributed by atoms with E-state index in [0.29, 0.717) is 5.56 Å². The zero-order chi connectivity index (χ0) is 14.6. The lowest BCUT2D eigenvalue weighted by Crippen LogP contribution is -2.35. The number of aromatic nitrogens is 1. The van der Waals surface area contributed by atoms with Gasteiger partial charge in [-0.1, -0.05) is 24.7 Å². The topological polar surface area (TPSA) is 76.3 Å². The summed E-state index contributed by atoms with van der Waals surface area (Å²) in [6.45, 7) is 0.235. The first-order valence-corrected chi connectivity index (χ1v) is 8.11. The Morgan fingerprint density at radius 2 is 2.10 bits per heavy atom. The predicted molar refractivity (Wildman–Crippen MR) is 77.4 cm³/mol. The molecule has 1 aromatic heterocycles. The molecule has 1 saturated carbocycles. The summed E-state index contributed by atoms with van der Waals surface area (Å²) < 4.78 is 26.6. The first kappa shape index (κ1) is 15.0. The minimum atomic E-state index is -3.50. The molecule has 1 aromatic rings. The average Bonchev–Trinajstić information content (AvgIpc) is 2.98. The highest BCUT2D eigenvalue weighted by molar-refractivity contribution is 7.89. The van der Waals surface area contributed by atoms with Gasteiger partial charge in [-0.25, -0.2) is 8.42 Å². The predicted octanol–water partition coefficient (Wildman–Crippen LogP) is 0.955. The van der Waals surface area contributed by atoms with E-state index >= 15 is 0 Å². The molecular weight excluding hydrogens is 274 g/mol. The summed E-state index contributed by atoms with van der Waals surface area (Å²) in [5.41, 5.74) is 5.88. The molecule has 108 valence electrons. The average molecular weight is 293 g/mol. The number of nitrogens with zero attached hydrogens (tertiary/aromatic N) is 2. The molecule has 0 bridgehead atoms. The van der Waals surface area contributed by atoms with Gasteiger partial charge in [0, 0.05) is 31.0 Å². The number of pyridine rings is 1. The maximum atomic E-state index is 12.6. The standard InChI is InChI=1S/C14H19N3O2S/c1-17(13-6-2-3-7-13)20(18,19)14-9-12(5-4-8-15)10-16-11-14/h9-11,13H,2-3,6-8,15H2,1H3. The summed E-state index contributed by atoms with van der Waals surface area (Å²) in [4.78, 5) is 4.15. The van der Waals surface area contributed by atoms with Crippen LogP contribution in [0.25, 0.3) is 0 Å². The molecule has 6 heteroatoms. The summed E-state index contributed by atoms with van der Waals surface area (Å²) in [6, 6.07) is 1.65. The molecule has 0 amide bonds. The quantitative estimate of drug-likeness (QED) is 0.842. The van der Waals surface area contributed by atoms with Crippen LogP contribution in [0.1, 0.15) is 31.2 Å². The number of sulfonamides is 1. The third-order valence-corrected chi connectivity index (χ3v) is 5.44. The van der Waals surface area contributed by atoms with E-state index in [-0.39, 0.29) is 17.5 Å². The number of hydrogen-bond donors (Lipinski definition) is 1. The fraction of sp³-hybridized carbons (Fsp3) is 0.500. The fourth-order valence-corrected chi connectivity index (χ4v) is 3.82. The Labute approximate surface area is 120 Å². The van der Waals surface area contributed by atoms with Crippen molar-refractivity contribution in [1.29, 1.82) is 0 Å². The highest BCUT2D eigenvalue weighted by atomic mass is 32.2. The lowest BCUT2D eigenvalue weighted by atomic mass is 10.3. The largest absolute Gasteiger partial charge is 0.320 e. The molecule has 20 heavy (non-hydrogen) atoms. The molecule has 1 fully saturated rings. The van der Waals surface area contributed by atoms with Crippen LogP contribution in [0.3, 0.4) is 0 Å². The van der Waals surface area contributed by atoms with Gasteiger partial charge >= 0.3 is 0 Å². The van der Waals surface area contributed by atoms with E-state index in [1.165, 1.54) is 16.7 Å². The van der Waals surface area contributed by atoms with Crippen molar-refractivity contribution in [3.63, 3.8) is 0 Å². The molecule has 0 aromatic carbocycles. The monoisotopic (exact) mass is 293 g/mol. The molecule has 0 atom stereocenters. The van der Waals surface area contributed by atoms with E-state index in [2.05, 4.69) is 16.8 Å². The molecule has 1 aliphatic rings. The molecule has 0 unspecified atom stereocenters. The van der Waals surface area contributed by atoms with Crippen LogP contribution in [0.2, 0.25) is 0 Å². The second kappa shape index (κ2) is 6.35. The molecule has 2 N–H and O–H groups in total. The van der Waals surface area contributed by atoms with E-state index in [1.54, 1.807) is 13.1 Å². The Morgan fingerprint density at radius 1 is 1.40 bits per heavy atom. The van der Waals surface area contributed by atoms with Gasteiger partial charge in [0.25, 0.3) is 0 Å². The molecule has 1 heterocycles. The van der Waals surface area contributed by atoms with Gasteiger partial charge in [0.15, 0.2) is 0 Å². The summed E-state index contributed by atoms with van der Waals surface area (Å²) in [5.74, 6) is 5.50. The van der Waals surface area contributed by atoms with Crippen LogP contribution in [0.5, 0.6) is 0 Å². The first-order valence-electron chi connectivity index (χ1n) is 6.67. The van der Waals surface area contributed by atoms with Crippen LogP contribution < -0.4 is 5.73 Å². The maximum absolute atomic E-state index is 12.6. The van der Waals surface area contributed by atoms with Crippen molar-refractivity contribution in [2.75, 3.05) is 13.6 Å². The van der Waals surface area contributed by atoms with Crippen molar-refractivity contribution < 1.29 is 8.42 Å². The van der Waals surface area contributed by atoms with E-state index in [4.69, 9.17) is 5.73 Å². The van der Waals surface area contributed by atoms with Crippen LogP contribution in [0.15, 0.2) is 23.4 Å². The van der Waals surface area contributed by atoms with Gasteiger partial charge in [0.05, 0.1) is 6.54 Å². The van der Waals surface area contributed by atoms with Crippen molar-refractivity contribution >= 4 is 10.0 Å². The van der Waals surface area contributed by atoms with Crippen LogP contribution in [0, 0.1) is 11.8 Å². The highest BCUT2D eigenvalue weighted by Crippen LogP contribution is 2.27. The SMILES string of the molecule is CN(C1CCCC1)S(=O)(=O)c1cncc(C#CCN)c1. The Hall–Kier alpha value is -1.42. The van der Waals surface area contributed by atoms with Gasteiger partial charge in [-0.2, -0.15) is 4.31 Å². The van der Waals surface area contributed by atoms with Gasteiger partial charge in [0.2, 0.25) is 10.0 Å². The molecule has 0 radical (unpaired) electrons. The molecular formula is C14H19N3O2S. The highest BCUT2D eigenvalue weighted by Gasteiger charge is 2.30. The number of hydrogen-bond acceptors (Lipinski definition) is 4. The third-order valence-electron chi connectivity index (χ3n) is 3.56. The molecule has 5 nitrogen and oxygen atoms in total. The van der Waals surface area contributed by atoms with Gasteiger partial charge in [-0.15, -0.1) is 0 Å². The smallest absolute Gasteiger partial charge is 0.244 e. The molecule has 0 aliphatic heterocycles. The third kappa shape index (κ3) is 3.18. The number of nitrogens with two attached hydrogens (primary N) is 1. The van der Waals surface area contributed by atoms with Crippen LogP contribution in [-0.4, -0.2) is 37.3 Å². The van der Waals surface area contributed by atoms with Gasteiger partial charge in [-0.3, -0.25) is 4.98 Å². The minimum absolute atomic E-state index is 0.0961. The summed E-state index contributed by atoms with van der Waals surface area (Å²) in [6.07, 6.45) is 6.94. The number of rotatable bonds is 3. The van der Waals surface area contributed by atoms with Crippen molar-refractivity contribution in [2.45, 2.75) is 36.6 Å². The Bertz CT molecular complexity index is 625. The second-order valence-corrected chi connectivity index (χ2v) is 6.87. The molecule has 0 spiro atoms. The van der Waals surface area contributed by atoms with Crippen molar-refractivity contribution in [3.05, 3.63) is 24.0 Å². The van der Waals surface area contributed by atoms with Crippen LogP contribution in [0.4, 0.5) is 0 Å². The van der Waals surface area contributed by atoms with Gasteiger partial charge < -0.3 is 5.73 Å². The van der Waals surface area contributed by atoms with E-state index in [1.807, 2.05) is 0 Å². The zero-order valence-electron chi connectivity index (χ0n) is 11.5. The van der Waals surface area contributed by atoms with Gasteiger partial charge in [0.1, 0.15) is 4.90 Å². The van der Waals surface area contributed by atoms with E-state index < -0.39 is 10.0 Å². The maximum Gasteiger partial charge on any atom is 0.244 e. The minimum Gasteiger partial charge on any atom is -0.320 e. The van der Waals surface area contributed by atoms with E-state index in [9.17, 15) is 8.42 Å². The zero-order valence-corrected chi connectivity index (χ0v) is 12.4. The van der Waals surface area contributed by atoms with Crippen LogP contribution >= 0.6 is 0 Å². The first-order chi connectivity index (χ1) is 9.55. The lowest BCUT2D eigenvalue weighted by Gasteiger charge is -2.23. The Balaban J connectivity index is 2.29. The Morgan fingerprint density at radius 3 is 2.75 bits per heavy atom.